The normalized spacial score (nSPS) is 18.7. The fourth-order valence-electron chi connectivity index (χ4n) is 4.81. The van der Waals surface area contributed by atoms with E-state index in [1.165, 1.54) is 42.6 Å². The molecule has 0 saturated carbocycles. The molecule has 2 aromatic rings. The van der Waals surface area contributed by atoms with E-state index in [-0.39, 0.29) is 5.78 Å². The van der Waals surface area contributed by atoms with Crippen LogP contribution in [0.5, 0.6) is 11.5 Å². The Labute approximate surface area is 191 Å². The number of carbonyl (C=O) groups is 1. The highest BCUT2D eigenvalue weighted by Gasteiger charge is 2.29. The van der Waals surface area contributed by atoms with Gasteiger partial charge in [-0.1, -0.05) is 25.5 Å². The lowest BCUT2D eigenvalue weighted by atomic mass is 10.1. The summed E-state index contributed by atoms with van der Waals surface area (Å²) in [6.45, 7) is 8.14. The van der Waals surface area contributed by atoms with Crippen molar-refractivity contribution >= 4 is 17.5 Å². The number of ketones is 1. The number of ether oxygens (including phenoxy) is 2. The van der Waals surface area contributed by atoms with Crippen LogP contribution in [0.2, 0.25) is 0 Å². The molecule has 0 amide bonds. The molecule has 0 atom stereocenters. The van der Waals surface area contributed by atoms with Crippen molar-refractivity contribution in [2.24, 2.45) is 0 Å². The molecule has 0 unspecified atom stereocenters. The number of fused-ring (bicyclic) bond motifs is 1. The maximum atomic E-state index is 12.9. The Kier molecular flexibility index (Phi) is 6.56. The summed E-state index contributed by atoms with van der Waals surface area (Å²) in [5, 5.41) is 0. The molecule has 1 heterocycles. The molecule has 2 aliphatic rings. The van der Waals surface area contributed by atoms with E-state index in [0.29, 0.717) is 23.5 Å². The van der Waals surface area contributed by atoms with Crippen LogP contribution in [0, 0.1) is 0 Å². The third-order valence-electron chi connectivity index (χ3n) is 7.00. The fourth-order valence-corrected chi connectivity index (χ4v) is 4.81. The van der Waals surface area contributed by atoms with Gasteiger partial charge in [0.15, 0.2) is 17.3 Å². The highest BCUT2D eigenvalue weighted by atomic mass is 16.5. The van der Waals surface area contributed by atoms with Gasteiger partial charge in [-0.3, -0.25) is 4.79 Å². The Bertz CT molecular complexity index is 1000. The van der Waals surface area contributed by atoms with E-state index in [4.69, 9.17) is 9.47 Å². The van der Waals surface area contributed by atoms with Crippen molar-refractivity contribution in [2.75, 3.05) is 58.9 Å². The van der Waals surface area contributed by atoms with Crippen molar-refractivity contribution in [3.63, 3.8) is 0 Å². The van der Waals surface area contributed by atoms with Gasteiger partial charge in [-0.05, 0) is 47.9 Å². The molecular formula is C27H35N2O3+. The maximum Gasteiger partial charge on any atom is 0.189 e. The summed E-state index contributed by atoms with van der Waals surface area (Å²) >= 11 is 0. The number of unbranched alkanes of at least 4 members (excludes halogenated alkanes) is 1. The lowest BCUT2D eigenvalue weighted by Crippen LogP contribution is -2.57. The number of allylic oxidation sites excluding steroid dienone is 1. The van der Waals surface area contributed by atoms with Gasteiger partial charge in [0, 0.05) is 23.2 Å². The van der Waals surface area contributed by atoms with Gasteiger partial charge in [-0.2, -0.15) is 0 Å². The topological polar surface area (TPSA) is 38.8 Å². The molecule has 0 bridgehead atoms. The molecule has 1 saturated heterocycles. The molecule has 1 aliphatic carbocycles. The molecular weight excluding hydrogens is 400 g/mol. The monoisotopic (exact) mass is 435 g/mol. The van der Waals surface area contributed by atoms with Crippen molar-refractivity contribution in [2.45, 2.75) is 26.2 Å². The quantitative estimate of drug-likeness (QED) is 0.471. The van der Waals surface area contributed by atoms with E-state index in [0.717, 1.165) is 29.8 Å². The Balaban J connectivity index is 1.44. The molecule has 32 heavy (non-hydrogen) atoms. The van der Waals surface area contributed by atoms with Crippen molar-refractivity contribution in [3.8, 4) is 11.5 Å². The number of benzene rings is 2. The zero-order valence-electron chi connectivity index (χ0n) is 19.8. The Morgan fingerprint density at radius 2 is 1.69 bits per heavy atom. The lowest BCUT2D eigenvalue weighted by molar-refractivity contribution is -0.910. The lowest BCUT2D eigenvalue weighted by Gasteiger charge is -2.43. The summed E-state index contributed by atoms with van der Waals surface area (Å²) in [5.74, 6) is 1.33. The Morgan fingerprint density at radius 3 is 2.31 bits per heavy atom. The SMILES string of the molecule is CCCC[N+]1(C)CCN(c2ccc(/C=C3\Cc4cc(OC)c(OC)cc4C3=O)cc2)CC1. The van der Waals surface area contributed by atoms with Gasteiger partial charge in [-0.15, -0.1) is 0 Å². The van der Waals surface area contributed by atoms with Gasteiger partial charge >= 0.3 is 0 Å². The van der Waals surface area contributed by atoms with Crippen molar-refractivity contribution in [3.05, 3.63) is 58.7 Å². The predicted molar refractivity (Wildman–Crippen MR) is 130 cm³/mol. The summed E-state index contributed by atoms with van der Waals surface area (Å²) in [6, 6.07) is 12.3. The first-order chi connectivity index (χ1) is 15.5. The van der Waals surface area contributed by atoms with E-state index in [2.05, 4.69) is 43.1 Å². The van der Waals surface area contributed by atoms with Crippen LogP contribution in [-0.4, -0.2) is 64.3 Å². The molecule has 5 nitrogen and oxygen atoms in total. The number of hydrogen-bond donors (Lipinski definition) is 0. The number of rotatable bonds is 7. The van der Waals surface area contributed by atoms with Crippen LogP contribution in [-0.2, 0) is 6.42 Å². The molecule has 5 heteroatoms. The van der Waals surface area contributed by atoms with E-state index < -0.39 is 0 Å². The predicted octanol–water partition coefficient (Wildman–Crippen LogP) is 4.59. The summed E-state index contributed by atoms with van der Waals surface area (Å²) < 4.78 is 11.9. The first kappa shape index (κ1) is 22.4. The van der Waals surface area contributed by atoms with E-state index in [1.807, 2.05) is 12.1 Å². The first-order valence-corrected chi connectivity index (χ1v) is 11.6. The van der Waals surface area contributed by atoms with Crippen LogP contribution in [0.15, 0.2) is 42.0 Å². The number of nitrogens with zero attached hydrogens (tertiary/aromatic N) is 2. The number of piperazine rings is 1. The number of Topliss-reactive ketones (excluding diaryl/α,β-unsaturated/α-hetero) is 1. The largest absolute Gasteiger partial charge is 0.493 e. The van der Waals surface area contributed by atoms with Crippen LogP contribution in [0.3, 0.4) is 0 Å². The van der Waals surface area contributed by atoms with Gasteiger partial charge in [-0.25, -0.2) is 0 Å². The number of likely N-dealkylation sites (N-methyl/N-ethyl adjacent to an activating group) is 1. The van der Waals surface area contributed by atoms with Crippen LogP contribution < -0.4 is 14.4 Å². The number of quaternary nitrogens is 1. The molecule has 170 valence electrons. The fraction of sp³-hybridized carbons (Fsp3) is 0.444. The maximum absolute atomic E-state index is 12.9. The third-order valence-corrected chi connectivity index (χ3v) is 7.00. The zero-order chi connectivity index (χ0) is 22.7. The second kappa shape index (κ2) is 9.37. The van der Waals surface area contributed by atoms with Crippen LogP contribution in [0.25, 0.3) is 6.08 Å². The van der Waals surface area contributed by atoms with E-state index in [9.17, 15) is 4.79 Å². The van der Waals surface area contributed by atoms with Crippen molar-refractivity contribution in [1.82, 2.24) is 0 Å². The van der Waals surface area contributed by atoms with Crippen molar-refractivity contribution in [1.29, 1.82) is 0 Å². The number of hydrogen-bond acceptors (Lipinski definition) is 4. The molecule has 1 aliphatic heterocycles. The second-order valence-electron chi connectivity index (χ2n) is 9.26. The summed E-state index contributed by atoms with van der Waals surface area (Å²) in [7, 11) is 5.60. The molecule has 0 radical (unpaired) electrons. The summed E-state index contributed by atoms with van der Waals surface area (Å²) in [4.78, 5) is 15.4. The zero-order valence-corrected chi connectivity index (χ0v) is 19.8. The van der Waals surface area contributed by atoms with Crippen LogP contribution >= 0.6 is 0 Å². The first-order valence-electron chi connectivity index (χ1n) is 11.6. The van der Waals surface area contributed by atoms with Crippen LogP contribution in [0.4, 0.5) is 5.69 Å². The Hall–Kier alpha value is -2.79. The number of carbonyl (C=O) groups excluding carboxylic acids is 1. The highest BCUT2D eigenvalue weighted by molar-refractivity contribution is 6.15. The summed E-state index contributed by atoms with van der Waals surface area (Å²) in [5.41, 5.74) is 4.84. The smallest absolute Gasteiger partial charge is 0.189 e. The molecule has 4 rings (SSSR count). The van der Waals surface area contributed by atoms with Crippen LogP contribution in [0.1, 0.15) is 41.3 Å². The molecule has 0 spiro atoms. The second-order valence-corrected chi connectivity index (χ2v) is 9.26. The average molecular weight is 436 g/mol. The molecule has 0 N–H and O–H groups in total. The van der Waals surface area contributed by atoms with Gasteiger partial charge in [0.05, 0.1) is 54.0 Å². The van der Waals surface area contributed by atoms with E-state index in [1.54, 1.807) is 20.3 Å². The third kappa shape index (κ3) is 4.53. The molecule has 1 fully saturated rings. The Morgan fingerprint density at radius 1 is 1.03 bits per heavy atom. The van der Waals surface area contributed by atoms with Gasteiger partial charge in [0.25, 0.3) is 0 Å². The minimum Gasteiger partial charge on any atom is -0.493 e. The average Bonchev–Trinajstić information content (AvgIpc) is 3.12. The van der Waals surface area contributed by atoms with Crippen molar-refractivity contribution < 1.29 is 18.8 Å². The minimum absolute atomic E-state index is 0.0743. The standard InChI is InChI=1S/C27H35N2O3/c1-5-6-13-29(2)14-11-28(12-15-29)23-9-7-20(8-10-23)16-22-17-21-18-25(31-3)26(32-4)19-24(21)27(22)30/h7-10,16,18-19H,5-6,11-15,17H2,1-4H3/q+1/b22-16+. The molecule has 0 aromatic heterocycles. The number of anilines is 1. The van der Waals surface area contributed by atoms with Gasteiger partial charge < -0.3 is 18.9 Å². The number of methoxy groups -OCH3 is 2. The summed E-state index contributed by atoms with van der Waals surface area (Å²) in [6.07, 6.45) is 5.21. The minimum atomic E-state index is 0.0743. The molecule has 2 aromatic carbocycles. The van der Waals surface area contributed by atoms with Gasteiger partial charge in [0.1, 0.15) is 0 Å². The van der Waals surface area contributed by atoms with E-state index >= 15 is 0 Å². The van der Waals surface area contributed by atoms with Gasteiger partial charge in [0.2, 0.25) is 0 Å². The highest BCUT2D eigenvalue weighted by Crippen LogP contribution is 2.37.